The van der Waals surface area contributed by atoms with E-state index in [2.05, 4.69) is 21.2 Å². The van der Waals surface area contributed by atoms with Crippen molar-refractivity contribution in [3.05, 3.63) is 178 Å². The van der Waals surface area contributed by atoms with Crippen LogP contribution in [0.1, 0.15) is 50.2 Å². The van der Waals surface area contributed by atoms with E-state index in [1.54, 1.807) is 42.5 Å². The molecule has 0 unspecified atom stereocenters. The molecule has 0 saturated carbocycles. The Balaban J connectivity index is 0.852. The molecule has 1 fully saturated rings. The number of hydrogen-bond acceptors (Lipinski definition) is 5. The van der Waals surface area contributed by atoms with Crippen LogP contribution < -0.4 is 19.5 Å². The smallest absolute Gasteiger partial charge is 0.255 e. The Morgan fingerprint density at radius 1 is 0.727 bits per heavy atom. The Hall–Kier alpha value is -5.93. The standard InChI is InChI=1S/C46H40BrFN2O5/c1-31-28-38(18-23-43(31)54-30-37-8-5-9-42(47)44(37)48)49-45(51)35-14-12-33(13-15-35)34-16-21-39(22-17-34)53-29-32-10-19-40(20-11-32)55-41-24-26-50(27-25-41)46(52)36-6-3-2-4-7-36/h2-23,28,41H,24-27,29-30H2,1H3,(H,49,51). The number of benzene rings is 6. The summed E-state index contributed by atoms with van der Waals surface area (Å²) in [6.07, 6.45) is 1.67. The minimum Gasteiger partial charge on any atom is -0.490 e. The van der Waals surface area contributed by atoms with E-state index >= 15 is 0 Å². The van der Waals surface area contributed by atoms with E-state index in [9.17, 15) is 14.0 Å². The number of piperidine rings is 1. The first-order valence-corrected chi connectivity index (χ1v) is 19.0. The lowest BCUT2D eigenvalue weighted by atomic mass is 10.0. The van der Waals surface area contributed by atoms with Crippen molar-refractivity contribution in [2.24, 2.45) is 0 Å². The zero-order chi connectivity index (χ0) is 38.1. The van der Waals surface area contributed by atoms with E-state index in [1.807, 2.05) is 109 Å². The summed E-state index contributed by atoms with van der Waals surface area (Å²) < 4.78 is 32.8. The van der Waals surface area contributed by atoms with Crippen molar-refractivity contribution in [3.63, 3.8) is 0 Å². The largest absolute Gasteiger partial charge is 0.490 e. The van der Waals surface area contributed by atoms with Crippen LogP contribution >= 0.6 is 15.9 Å². The van der Waals surface area contributed by atoms with E-state index in [-0.39, 0.29) is 30.3 Å². The first kappa shape index (κ1) is 37.4. The third-order valence-corrected chi connectivity index (χ3v) is 10.2. The molecule has 6 aromatic rings. The fourth-order valence-corrected chi connectivity index (χ4v) is 6.84. The van der Waals surface area contributed by atoms with E-state index in [0.29, 0.717) is 46.7 Å². The summed E-state index contributed by atoms with van der Waals surface area (Å²) in [6, 6.07) is 43.1. The van der Waals surface area contributed by atoms with Crippen LogP contribution in [0.3, 0.4) is 0 Å². The average Bonchev–Trinajstić information content (AvgIpc) is 3.22. The van der Waals surface area contributed by atoms with Crippen molar-refractivity contribution in [3.8, 4) is 28.4 Å². The Bertz CT molecular complexity index is 2240. The molecule has 278 valence electrons. The molecule has 9 heteroatoms. The van der Waals surface area contributed by atoms with Gasteiger partial charge in [-0.15, -0.1) is 0 Å². The van der Waals surface area contributed by atoms with Gasteiger partial charge in [-0.3, -0.25) is 9.59 Å². The second-order valence-electron chi connectivity index (χ2n) is 13.4. The highest BCUT2D eigenvalue weighted by Gasteiger charge is 2.24. The first-order chi connectivity index (χ1) is 26.8. The molecule has 7 rings (SSSR count). The zero-order valence-corrected chi connectivity index (χ0v) is 31.9. The van der Waals surface area contributed by atoms with E-state index < -0.39 is 0 Å². The molecule has 0 spiro atoms. The lowest BCUT2D eigenvalue weighted by Gasteiger charge is -2.32. The van der Waals surface area contributed by atoms with Gasteiger partial charge in [-0.25, -0.2) is 4.39 Å². The number of carbonyl (C=O) groups is 2. The highest BCUT2D eigenvalue weighted by atomic mass is 79.9. The molecule has 0 bridgehead atoms. The Morgan fingerprint density at radius 3 is 2.09 bits per heavy atom. The molecule has 0 radical (unpaired) electrons. The van der Waals surface area contributed by atoms with Crippen LogP contribution in [0.2, 0.25) is 0 Å². The summed E-state index contributed by atoms with van der Waals surface area (Å²) in [7, 11) is 0. The topological polar surface area (TPSA) is 77.1 Å². The van der Waals surface area contributed by atoms with Crippen LogP contribution in [0, 0.1) is 12.7 Å². The maximum atomic E-state index is 14.3. The van der Waals surface area contributed by atoms with Gasteiger partial charge in [0, 0.05) is 48.3 Å². The number of ether oxygens (including phenoxy) is 3. The number of anilines is 1. The number of hydrogen-bond donors (Lipinski definition) is 1. The molecular formula is C46H40BrFN2O5. The SMILES string of the molecule is Cc1cc(NC(=O)c2ccc(-c3ccc(OCc4ccc(OC5CCN(C(=O)c6ccccc6)CC5)cc4)cc3)cc2)ccc1OCc1cccc(Br)c1F. The summed E-state index contributed by atoms with van der Waals surface area (Å²) >= 11 is 3.20. The number of carbonyl (C=O) groups excluding carboxylic acids is 2. The van der Waals surface area contributed by atoms with Gasteiger partial charge in [-0.1, -0.05) is 66.7 Å². The molecule has 0 atom stereocenters. The normalized spacial score (nSPS) is 12.9. The summed E-state index contributed by atoms with van der Waals surface area (Å²) in [4.78, 5) is 27.7. The molecule has 7 nitrogen and oxygen atoms in total. The highest BCUT2D eigenvalue weighted by molar-refractivity contribution is 9.10. The number of halogens is 2. The van der Waals surface area contributed by atoms with Crippen molar-refractivity contribution >= 4 is 33.4 Å². The molecule has 1 saturated heterocycles. The van der Waals surface area contributed by atoms with Crippen LogP contribution in [0.4, 0.5) is 10.1 Å². The molecule has 0 aliphatic carbocycles. The van der Waals surface area contributed by atoms with Gasteiger partial charge in [-0.2, -0.15) is 0 Å². The number of amides is 2. The highest BCUT2D eigenvalue weighted by Crippen LogP contribution is 2.27. The second-order valence-corrected chi connectivity index (χ2v) is 14.3. The summed E-state index contributed by atoms with van der Waals surface area (Å²) in [5.74, 6) is 1.69. The van der Waals surface area contributed by atoms with Crippen molar-refractivity contribution in [1.82, 2.24) is 4.90 Å². The molecule has 55 heavy (non-hydrogen) atoms. The van der Waals surface area contributed by atoms with Crippen molar-refractivity contribution < 1.29 is 28.2 Å². The van der Waals surface area contributed by atoms with E-state index in [0.717, 1.165) is 52.2 Å². The van der Waals surface area contributed by atoms with Crippen molar-refractivity contribution in [1.29, 1.82) is 0 Å². The first-order valence-electron chi connectivity index (χ1n) is 18.2. The fourth-order valence-electron chi connectivity index (χ4n) is 6.43. The van der Waals surface area contributed by atoms with Gasteiger partial charge in [-0.05, 0) is 118 Å². The lowest BCUT2D eigenvalue weighted by Crippen LogP contribution is -2.41. The Kier molecular flexibility index (Phi) is 11.9. The van der Waals surface area contributed by atoms with Crippen molar-refractivity contribution in [2.45, 2.75) is 39.1 Å². The maximum absolute atomic E-state index is 14.3. The molecule has 1 aliphatic rings. The van der Waals surface area contributed by atoms with Crippen LogP contribution in [0.15, 0.2) is 144 Å². The van der Waals surface area contributed by atoms with Crippen LogP contribution in [0.5, 0.6) is 17.2 Å². The monoisotopic (exact) mass is 798 g/mol. The van der Waals surface area contributed by atoms with Crippen LogP contribution in [-0.2, 0) is 13.2 Å². The number of rotatable bonds is 12. The van der Waals surface area contributed by atoms with Gasteiger partial charge in [0.15, 0.2) is 0 Å². The van der Waals surface area contributed by atoms with Crippen LogP contribution in [0.25, 0.3) is 11.1 Å². The molecule has 6 aromatic carbocycles. The number of nitrogens with one attached hydrogen (secondary N) is 1. The van der Waals surface area contributed by atoms with Gasteiger partial charge < -0.3 is 24.4 Å². The average molecular weight is 800 g/mol. The third kappa shape index (κ3) is 9.60. The van der Waals surface area contributed by atoms with Gasteiger partial charge in [0.2, 0.25) is 0 Å². The minimum atomic E-state index is -0.342. The van der Waals surface area contributed by atoms with Crippen LogP contribution in [-0.4, -0.2) is 35.9 Å². The quantitative estimate of drug-likeness (QED) is 0.133. The minimum absolute atomic E-state index is 0.0750. The molecular weight excluding hydrogens is 759 g/mol. The summed E-state index contributed by atoms with van der Waals surface area (Å²) in [5, 5.41) is 2.95. The number of nitrogens with zero attached hydrogens (tertiary/aromatic N) is 1. The maximum Gasteiger partial charge on any atom is 0.255 e. The molecule has 1 N–H and O–H groups in total. The Morgan fingerprint density at radius 2 is 1.40 bits per heavy atom. The number of likely N-dealkylation sites (tertiary alicyclic amines) is 1. The third-order valence-electron chi connectivity index (χ3n) is 9.56. The number of aryl methyl sites for hydroxylation is 1. The lowest BCUT2D eigenvalue weighted by molar-refractivity contribution is 0.0595. The van der Waals surface area contributed by atoms with Gasteiger partial charge in [0.1, 0.15) is 42.4 Å². The molecule has 1 heterocycles. The molecule has 1 aliphatic heterocycles. The summed E-state index contributed by atoms with van der Waals surface area (Å²) in [6.45, 7) is 3.75. The van der Waals surface area contributed by atoms with E-state index in [1.165, 1.54) is 0 Å². The molecule has 0 aromatic heterocycles. The summed E-state index contributed by atoms with van der Waals surface area (Å²) in [5.41, 5.74) is 6.18. The Labute approximate surface area is 328 Å². The van der Waals surface area contributed by atoms with E-state index in [4.69, 9.17) is 14.2 Å². The zero-order valence-electron chi connectivity index (χ0n) is 30.3. The van der Waals surface area contributed by atoms with Gasteiger partial charge in [0.25, 0.3) is 11.8 Å². The van der Waals surface area contributed by atoms with Gasteiger partial charge in [0.05, 0.1) is 4.47 Å². The fraction of sp³-hybridized carbons (Fsp3) is 0.174. The molecule has 2 amide bonds. The van der Waals surface area contributed by atoms with Crippen molar-refractivity contribution in [2.75, 3.05) is 18.4 Å². The van der Waals surface area contributed by atoms with Gasteiger partial charge >= 0.3 is 0 Å². The second kappa shape index (κ2) is 17.5. The predicted octanol–water partition coefficient (Wildman–Crippen LogP) is 10.7. The predicted molar refractivity (Wildman–Crippen MR) is 216 cm³/mol.